The standard InChI is InChI=1S/C19H16N6O2/c1-12-17(24-25(23-12)13-7-3-2-4-8-13)19(26)27-11-16-21-15-10-6-5-9-14(15)18(20)22-16/h2-10H,11H2,1H3,(H2,20,21,22)/p+1. The molecule has 8 nitrogen and oxygen atoms in total. The molecule has 4 aromatic rings. The summed E-state index contributed by atoms with van der Waals surface area (Å²) >= 11 is 0. The number of nitrogens with zero attached hydrogens (tertiary/aromatic N) is 4. The van der Waals surface area contributed by atoms with Gasteiger partial charge in [0.15, 0.2) is 17.8 Å². The van der Waals surface area contributed by atoms with Crippen molar-refractivity contribution >= 4 is 22.7 Å². The van der Waals surface area contributed by atoms with Crippen molar-refractivity contribution in [2.75, 3.05) is 5.73 Å². The summed E-state index contributed by atoms with van der Waals surface area (Å²) in [6.07, 6.45) is 0. The van der Waals surface area contributed by atoms with Gasteiger partial charge in [0, 0.05) is 0 Å². The van der Waals surface area contributed by atoms with Crippen molar-refractivity contribution in [2.45, 2.75) is 13.5 Å². The van der Waals surface area contributed by atoms with Crippen molar-refractivity contribution in [3.8, 4) is 5.69 Å². The molecule has 0 aliphatic rings. The number of anilines is 1. The van der Waals surface area contributed by atoms with Crippen LogP contribution in [0, 0.1) is 6.92 Å². The predicted molar refractivity (Wildman–Crippen MR) is 97.9 cm³/mol. The lowest BCUT2D eigenvalue weighted by molar-refractivity contribution is -0.381. The first-order valence-corrected chi connectivity index (χ1v) is 8.35. The number of H-pyrrole nitrogens is 1. The minimum Gasteiger partial charge on any atom is -0.449 e. The van der Waals surface area contributed by atoms with Crippen LogP contribution in [0.15, 0.2) is 54.6 Å². The highest BCUT2D eigenvalue weighted by molar-refractivity contribution is 5.88. The predicted octanol–water partition coefficient (Wildman–Crippen LogP) is 1.88. The molecule has 0 unspecified atom stereocenters. The fourth-order valence-electron chi connectivity index (χ4n) is 2.71. The van der Waals surface area contributed by atoms with Gasteiger partial charge in [0.05, 0.1) is 16.8 Å². The van der Waals surface area contributed by atoms with E-state index >= 15 is 0 Å². The molecule has 0 fully saturated rings. The summed E-state index contributed by atoms with van der Waals surface area (Å²) in [5.74, 6) is 0.349. The highest BCUT2D eigenvalue weighted by atomic mass is 16.5. The topological polar surface area (TPSA) is 110 Å². The number of aromatic amines is 1. The number of carbonyl (C=O) groups excluding carboxylic acids is 1. The number of rotatable bonds is 4. The second-order valence-corrected chi connectivity index (χ2v) is 5.95. The molecule has 0 saturated carbocycles. The number of aryl methyl sites for hydroxylation is 1. The van der Waals surface area contributed by atoms with Crippen LogP contribution in [-0.4, -0.2) is 25.9 Å². The van der Waals surface area contributed by atoms with Crippen molar-refractivity contribution in [1.29, 1.82) is 0 Å². The molecular weight excluding hydrogens is 344 g/mol. The molecular formula is C19H17N6O2+. The van der Waals surface area contributed by atoms with Crippen LogP contribution in [0.25, 0.3) is 16.6 Å². The summed E-state index contributed by atoms with van der Waals surface area (Å²) in [5.41, 5.74) is 8.14. The van der Waals surface area contributed by atoms with Gasteiger partial charge in [-0.05, 0) is 31.2 Å². The van der Waals surface area contributed by atoms with Crippen LogP contribution in [0.1, 0.15) is 22.0 Å². The number of para-hydroxylation sites is 2. The first-order chi connectivity index (χ1) is 13.1. The van der Waals surface area contributed by atoms with Crippen LogP contribution >= 0.6 is 0 Å². The Kier molecular flexibility index (Phi) is 4.21. The van der Waals surface area contributed by atoms with E-state index in [0.717, 1.165) is 16.6 Å². The van der Waals surface area contributed by atoms with Gasteiger partial charge in [-0.15, -0.1) is 10.1 Å². The average Bonchev–Trinajstić information content (AvgIpc) is 3.09. The third kappa shape index (κ3) is 3.32. The zero-order valence-electron chi connectivity index (χ0n) is 14.6. The van der Waals surface area contributed by atoms with Gasteiger partial charge in [0.2, 0.25) is 5.82 Å². The summed E-state index contributed by atoms with van der Waals surface area (Å²) in [6, 6.07) is 16.8. The van der Waals surface area contributed by atoms with E-state index < -0.39 is 5.97 Å². The SMILES string of the molecule is Cc1nn(-c2ccccc2)nc1C(=O)OCc1nc2ccccc2c(N)[nH+]1. The molecule has 2 aromatic heterocycles. The highest BCUT2D eigenvalue weighted by Gasteiger charge is 2.20. The molecule has 2 heterocycles. The number of nitrogens with one attached hydrogen (secondary N) is 1. The quantitative estimate of drug-likeness (QED) is 0.556. The number of hydrogen-bond donors (Lipinski definition) is 1. The fraction of sp³-hybridized carbons (Fsp3) is 0.105. The van der Waals surface area contributed by atoms with E-state index in [1.807, 2.05) is 54.6 Å². The van der Waals surface area contributed by atoms with Gasteiger partial charge in [-0.2, -0.15) is 9.90 Å². The van der Waals surface area contributed by atoms with Gasteiger partial charge >= 0.3 is 5.97 Å². The van der Waals surface area contributed by atoms with Gasteiger partial charge < -0.3 is 10.5 Å². The van der Waals surface area contributed by atoms with Gasteiger partial charge in [-0.3, -0.25) is 0 Å². The van der Waals surface area contributed by atoms with E-state index in [4.69, 9.17) is 10.5 Å². The average molecular weight is 361 g/mol. The maximum absolute atomic E-state index is 12.4. The molecule has 8 heteroatoms. The highest BCUT2D eigenvalue weighted by Crippen LogP contribution is 2.15. The van der Waals surface area contributed by atoms with Crippen LogP contribution in [0.2, 0.25) is 0 Å². The van der Waals surface area contributed by atoms with Crippen LogP contribution in [0.5, 0.6) is 0 Å². The number of carbonyl (C=O) groups is 1. The van der Waals surface area contributed by atoms with Crippen molar-refractivity contribution in [3.05, 3.63) is 71.8 Å². The number of hydrogen-bond acceptors (Lipinski definition) is 6. The van der Waals surface area contributed by atoms with E-state index in [-0.39, 0.29) is 12.3 Å². The maximum Gasteiger partial charge on any atom is 0.361 e. The van der Waals surface area contributed by atoms with Gasteiger partial charge in [-0.1, -0.05) is 30.3 Å². The zero-order chi connectivity index (χ0) is 18.8. The molecule has 0 bridgehead atoms. The van der Waals surface area contributed by atoms with Crippen LogP contribution in [0.4, 0.5) is 5.82 Å². The molecule has 0 aliphatic heterocycles. The van der Waals surface area contributed by atoms with Gasteiger partial charge in [0.1, 0.15) is 0 Å². The number of nitrogens with two attached hydrogens (primary N) is 1. The number of esters is 1. The van der Waals surface area contributed by atoms with E-state index in [1.54, 1.807) is 6.92 Å². The van der Waals surface area contributed by atoms with Crippen LogP contribution in [-0.2, 0) is 11.3 Å². The maximum atomic E-state index is 12.4. The molecule has 4 rings (SSSR count). The molecule has 134 valence electrons. The molecule has 0 spiro atoms. The normalized spacial score (nSPS) is 10.9. The minimum absolute atomic E-state index is 0.0501. The lowest BCUT2D eigenvalue weighted by Gasteiger charge is -2.02. The Balaban J connectivity index is 1.53. The monoisotopic (exact) mass is 361 g/mol. The van der Waals surface area contributed by atoms with Crippen molar-refractivity contribution in [2.24, 2.45) is 0 Å². The first-order valence-electron chi connectivity index (χ1n) is 8.35. The Labute approximate surface area is 154 Å². The summed E-state index contributed by atoms with van der Waals surface area (Å²) in [4.78, 5) is 21.2. The lowest BCUT2D eigenvalue weighted by atomic mass is 10.2. The molecule has 0 radical (unpaired) electrons. The molecule has 0 saturated heterocycles. The van der Waals surface area contributed by atoms with Crippen LogP contribution < -0.4 is 10.7 Å². The summed E-state index contributed by atoms with van der Waals surface area (Å²) < 4.78 is 5.34. The summed E-state index contributed by atoms with van der Waals surface area (Å²) in [7, 11) is 0. The van der Waals surface area contributed by atoms with Crippen molar-refractivity contribution in [1.82, 2.24) is 20.0 Å². The third-order valence-corrected chi connectivity index (χ3v) is 4.03. The molecule has 2 aromatic carbocycles. The number of fused-ring (bicyclic) bond motifs is 1. The summed E-state index contributed by atoms with van der Waals surface area (Å²) in [5, 5.41) is 9.32. The van der Waals surface area contributed by atoms with Crippen molar-refractivity contribution in [3.63, 3.8) is 0 Å². The smallest absolute Gasteiger partial charge is 0.361 e. The molecule has 0 aliphatic carbocycles. The van der Waals surface area contributed by atoms with Gasteiger partial charge in [-0.25, -0.2) is 9.78 Å². The first kappa shape index (κ1) is 16.6. The fourth-order valence-corrected chi connectivity index (χ4v) is 2.71. The van der Waals surface area contributed by atoms with E-state index in [1.165, 1.54) is 4.80 Å². The number of ether oxygens (including phenoxy) is 1. The number of nitrogen functional groups attached to an aromatic ring is 1. The Morgan fingerprint density at radius 3 is 2.67 bits per heavy atom. The Morgan fingerprint density at radius 2 is 1.85 bits per heavy atom. The minimum atomic E-state index is -0.573. The van der Waals surface area contributed by atoms with E-state index in [0.29, 0.717) is 17.3 Å². The molecule has 3 N–H and O–H groups in total. The number of aromatic nitrogens is 5. The molecule has 0 atom stereocenters. The second kappa shape index (κ2) is 6.83. The molecule has 0 amide bonds. The van der Waals surface area contributed by atoms with Crippen LogP contribution in [0.3, 0.4) is 0 Å². The number of benzene rings is 2. The third-order valence-electron chi connectivity index (χ3n) is 4.03. The summed E-state index contributed by atoms with van der Waals surface area (Å²) in [6.45, 7) is 1.66. The lowest BCUT2D eigenvalue weighted by Crippen LogP contribution is -2.21. The van der Waals surface area contributed by atoms with Gasteiger partial charge in [0.25, 0.3) is 5.82 Å². The largest absolute Gasteiger partial charge is 0.449 e. The zero-order valence-corrected chi connectivity index (χ0v) is 14.6. The second-order valence-electron chi connectivity index (χ2n) is 5.95. The Hall–Kier alpha value is -3.81. The van der Waals surface area contributed by atoms with E-state index in [9.17, 15) is 4.79 Å². The van der Waals surface area contributed by atoms with Crippen molar-refractivity contribution < 1.29 is 14.5 Å². The Bertz CT molecular complexity index is 1120. The van der Waals surface area contributed by atoms with E-state index in [2.05, 4.69) is 20.2 Å². The molecule has 27 heavy (non-hydrogen) atoms. The Morgan fingerprint density at radius 1 is 1.11 bits per heavy atom.